The van der Waals surface area contributed by atoms with Gasteiger partial charge >= 0.3 is 5.97 Å². The quantitative estimate of drug-likeness (QED) is 0.747. The Hall–Kier alpha value is -1.11. The Morgan fingerprint density at radius 1 is 1.41 bits per heavy atom. The van der Waals surface area contributed by atoms with Crippen LogP contribution in [0.5, 0.6) is 0 Å². The zero-order valence-electron chi connectivity index (χ0n) is 9.76. The Bertz CT molecular complexity index is 403. The molecular formula is C10H17NO5S. The molecule has 1 fully saturated rings. The topological polar surface area (TPSA) is 91.8 Å². The van der Waals surface area contributed by atoms with Gasteiger partial charge in [0.05, 0.1) is 5.75 Å². The molecule has 1 N–H and O–H groups in total. The van der Waals surface area contributed by atoms with Gasteiger partial charge in [-0.1, -0.05) is 6.92 Å². The number of rotatable bonds is 5. The van der Waals surface area contributed by atoms with Crippen molar-refractivity contribution in [3.63, 3.8) is 0 Å². The van der Waals surface area contributed by atoms with E-state index in [9.17, 15) is 18.0 Å². The second-order valence-electron chi connectivity index (χ2n) is 4.18. The molecule has 1 amide bonds. The van der Waals surface area contributed by atoms with E-state index in [1.54, 1.807) is 6.92 Å². The van der Waals surface area contributed by atoms with E-state index in [0.29, 0.717) is 25.8 Å². The van der Waals surface area contributed by atoms with Crippen LogP contribution in [0.1, 0.15) is 26.2 Å². The number of carbonyl (C=O) groups excluding carboxylic acids is 1. The molecule has 1 atom stereocenters. The number of carboxylic acids is 1. The molecule has 0 aromatic heterocycles. The third-order valence-electron chi connectivity index (χ3n) is 2.72. The second kappa shape index (κ2) is 5.48. The summed E-state index contributed by atoms with van der Waals surface area (Å²) in [4.78, 5) is 23.8. The van der Waals surface area contributed by atoms with E-state index >= 15 is 0 Å². The Kier molecular flexibility index (Phi) is 4.50. The lowest BCUT2D eigenvalue weighted by atomic mass is 10.2. The average molecular weight is 263 g/mol. The van der Waals surface area contributed by atoms with Crippen LogP contribution >= 0.6 is 0 Å². The van der Waals surface area contributed by atoms with E-state index in [1.807, 2.05) is 0 Å². The van der Waals surface area contributed by atoms with Crippen LogP contribution in [-0.2, 0) is 19.4 Å². The number of carboxylic acid groups (broad SMARTS) is 1. The number of sulfone groups is 1. The molecule has 0 aromatic rings. The maximum atomic E-state index is 11.7. The van der Waals surface area contributed by atoms with Crippen molar-refractivity contribution in [1.82, 2.24) is 4.90 Å². The van der Waals surface area contributed by atoms with Gasteiger partial charge in [0, 0.05) is 6.54 Å². The molecule has 0 radical (unpaired) electrons. The summed E-state index contributed by atoms with van der Waals surface area (Å²) in [7, 11) is -3.40. The van der Waals surface area contributed by atoms with Crippen molar-refractivity contribution >= 4 is 21.7 Å². The number of carbonyl (C=O) groups is 2. The molecule has 17 heavy (non-hydrogen) atoms. The van der Waals surface area contributed by atoms with Crippen molar-refractivity contribution in [2.75, 3.05) is 18.1 Å². The summed E-state index contributed by atoms with van der Waals surface area (Å²) < 4.78 is 23.0. The van der Waals surface area contributed by atoms with Crippen LogP contribution < -0.4 is 0 Å². The van der Waals surface area contributed by atoms with Gasteiger partial charge in [-0.2, -0.15) is 0 Å². The minimum absolute atomic E-state index is 0.0374. The average Bonchev–Trinajstić information content (AvgIpc) is 2.64. The van der Waals surface area contributed by atoms with Crippen molar-refractivity contribution in [2.45, 2.75) is 32.2 Å². The molecule has 1 aliphatic heterocycles. The Balaban J connectivity index is 2.68. The largest absolute Gasteiger partial charge is 0.480 e. The van der Waals surface area contributed by atoms with Crippen LogP contribution in [-0.4, -0.2) is 54.4 Å². The van der Waals surface area contributed by atoms with E-state index < -0.39 is 33.5 Å². The summed E-state index contributed by atoms with van der Waals surface area (Å²) in [5.74, 6) is -2.28. The Morgan fingerprint density at radius 2 is 2.06 bits per heavy atom. The molecule has 0 spiro atoms. The summed E-state index contributed by atoms with van der Waals surface area (Å²) in [6, 6.07) is -0.862. The lowest BCUT2D eigenvalue weighted by Gasteiger charge is -2.21. The monoisotopic (exact) mass is 263 g/mol. The van der Waals surface area contributed by atoms with Crippen molar-refractivity contribution in [2.24, 2.45) is 0 Å². The minimum Gasteiger partial charge on any atom is -0.480 e. The van der Waals surface area contributed by atoms with Crippen molar-refractivity contribution in [3.8, 4) is 0 Å². The zero-order chi connectivity index (χ0) is 13.1. The molecule has 0 bridgehead atoms. The Morgan fingerprint density at radius 3 is 2.59 bits per heavy atom. The normalized spacial score (nSPS) is 20.5. The first kappa shape index (κ1) is 14.0. The molecule has 0 unspecified atom stereocenters. The van der Waals surface area contributed by atoms with Crippen LogP contribution in [0.3, 0.4) is 0 Å². The first-order valence-electron chi connectivity index (χ1n) is 5.60. The van der Waals surface area contributed by atoms with E-state index in [0.717, 1.165) is 4.90 Å². The van der Waals surface area contributed by atoms with Gasteiger partial charge in [-0.3, -0.25) is 4.79 Å². The van der Waals surface area contributed by atoms with Gasteiger partial charge in [0.1, 0.15) is 11.8 Å². The molecule has 6 nitrogen and oxygen atoms in total. The molecule has 1 aliphatic rings. The number of hydrogen-bond donors (Lipinski definition) is 1. The van der Waals surface area contributed by atoms with Gasteiger partial charge < -0.3 is 10.0 Å². The molecule has 0 aromatic carbocycles. The van der Waals surface area contributed by atoms with E-state index in [2.05, 4.69) is 0 Å². The molecule has 7 heteroatoms. The number of likely N-dealkylation sites (tertiary alicyclic amines) is 1. The van der Waals surface area contributed by atoms with Crippen LogP contribution in [0.2, 0.25) is 0 Å². The highest BCUT2D eigenvalue weighted by Crippen LogP contribution is 2.18. The number of hydrogen-bond acceptors (Lipinski definition) is 4. The smallest absolute Gasteiger partial charge is 0.326 e. The summed E-state index contributed by atoms with van der Waals surface area (Å²) in [6.45, 7) is 2.05. The minimum atomic E-state index is -3.40. The summed E-state index contributed by atoms with van der Waals surface area (Å²) in [6.07, 6.45) is 1.46. The van der Waals surface area contributed by atoms with Crippen LogP contribution in [0.4, 0.5) is 0 Å². The number of amides is 1. The predicted octanol–water partition coefficient (Wildman–Crippen LogP) is -0.113. The molecule has 1 heterocycles. The second-order valence-corrected chi connectivity index (χ2v) is 6.36. The number of aliphatic carboxylic acids is 1. The summed E-state index contributed by atoms with van der Waals surface area (Å²) in [5, 5.41) is 8.89. The van der Waals surface area contributed by atoms with Crippen molar-refractivity contribution in [1.29, 1.82) is 0 Å². The SMILES string of the molecule is CCCS(=O)(=O)CC(=O)N1CCC[C@H]1C(=O)O. The van der Waals surface area contributed by atoms with Gasteiger partial charge in [-0.15, -0.1) is 0 Å². The fourth-order valence-corrected chi connectivity index (χ4v) is 3.28. The summed E-state index contributed by atoms with van der Waals surface area (Å²) >= 11 is 0. The maximum absolute atomic E-state index is 11.7. The van der Waals surface area contributed by atoms with Gasteiger partial charge in [0.15, 0.2) is 9.84 Å². The standard InChI is InChI=1S/C10H17NO5S/c1-2-6-17(15,16)7-9(12)11-5-3-4-8(11)10(13)14/h8H,2-7H2,1H3,(H,13,14)/t8-/m0/s1. The summed E-state index contributed by atoms with van der Waals surface area (Å²) in [5.41, 5.74) is 0. The zero-order valence-corrected chi connectivity index (χ0v) is 10.6. The fraction of sp³-hybridized carbons (Fsp3) is 0.800. The number of nitrogens with zero attached hydrogens (tertiary/aromatic N) is 1. The van der Waals surface area contributed by atoms with E-state index in [4.69, 9.17) is 5.11 Å². The fourth-order valence-electron chi connectivity index (χ4n) is 1.98. The molecular weight excluding hydrogens is 246 g/mol. The highest BCUT2D eigenvalue weighted by atomic mass is 32.2. The van der Waals surface area contributed by atoms with Crippen molar-refractivity contribution < 1.29 is 23.1 Å². The maximum Gasteiger partial charge on any atom is 0.326 e. The van der Waals surface area contributed by atoms with Gasteiger partial charge in [0.25, 0.3) is 0 Å². The van der Waals surface area contributed by atoms with Gasteiger partial charge in [-0.05, 0) is 19.3 Å². The van der Waals surface area contributed by atoms with Crippen LogP contribution in [0.15, 0.2) is 0 Å². The third kappa shape index (κ3) is 3.69. The first-order chi connectivity index (χ1) is 7.87. The lowest BCUT2D eigenvalue weighted by molar-refractivity contribution is -0.147. The molecule has 98 valence electrons. The molecule has 0 aliphatic carbocycles. The first-order valence-corrected chi connectivity index (χ1v) is 7.42. The third-order valence-corrected chi connectivity index (χ3v) is 4.43. The lowest BCUT2D eigenvalue weighted by Crippen LogP contribution is -2.43. The molecule has 0 saturated carbocycles. The molecule has 1 saturated heterocycles. The van der Waals surface area contributed by atoms with E-state index in [-0.39, 0.29) is 5.75 Å². The van der Waals surface area contributed by atoms with Gasteiger partial charge in [0.2, 0.25) is 5.91 Å². The van der Waals surface area contributed by atoms with Gasteiger partial charge in [-0.25, -0.2) is 13.2 Å². The van der Waals surface area contributed by atoms with Crippen LogP contribution in [0, 0.1) is 0 Å². The molecule has 1 rings (SSSR count). The highest BCUT2D eigenvalue weighted by molar-refractivity contribution is 7.92. The van der Waals surface area contributed by atoms with E-state index in [1.165, 1.54) is 0 Å². The highest BCUT2D eigenvalue weighted by Gasteiger charge is 2.35. The van der Waals surface area contributed by atoms with Crippen molar-refractivity contribution in [3.05, 3.63) is 0 Å². The predicted molar refractivity (Wildman–Crippen MR) is 61.3 cm³/mol. The Labute approximate surface area is 101 Å². The van der Waals surface area contributed by atoms with Crippen LogP contribution in [0.25, 0.3) is 0 Å².